The Hall–Kier alpha value is -3.17. The second-order valence-corrected chi connectivity index (χ2v) is 8.03. The molecule has 2 aliphatic rings. The minimum Gasteiger partial charge on any atom is -0.458 e. The van der Waals surface area contributed by atoms with Crippen molar-refractivity contribution < 1.29 is 23.4 Å². The summed E-state index contributed by atoms with van der Waals surface area (Å²) in [5.74, 6) is -2.87. The first-order chi connectivity index (χ1) is 14.7. The van der Waals surface area contributed by atoms with Gasteiger partial charge in [0.2, 0.25) is 0 Å². The Morgan fingerprint density at radius 3 is 2.65 bits per heavy atom. The first-order valence-electron chi connectivity index (χ1n) is 9.91. The number of hydrogen-bond donors (Lipinski definition) is 2. The van der Waals surface area contributed by atoms with Crippen molar-refractivity contribution in [1.29, 1.82) is 0 Å². The van der Waals surface area contributed by atoms with Crippen molar-refractivity contribution in [2.75, 3.05) is 0 Å². The summed E-state index contributed by atoms with van der Waals surface area (Å²) < 4.78 is 34.4. The number of nitrogens with two attached hydrogens (primary N) is 1. The zero-order valence-electron chi connectivity index (χ0n) is 16.8. The van der Waals surface area contributed by atoms with Crippen LogP contribution in [-0.2, 0) is 28.3 Å². The molecule has 1 aromatic carbocycles. The molecule has 0 unspecified atom stereocenters. The van der Waals surface area contributed by atoms with E-state index in [2.05, 4.69) is 4.98 Å². The third kappa shape index (κ3) is 2.53. The zero-order valence-corrected chi connectivity index (χ0v) is 16.8. The highest BCUT2D eigenvalue weighted by Crippen LogP contribution is 2.41. The summed E-state index contributed by atoms with van der Waals surface area (Å²) in [6.45, 7) is 3.23. The van der Waals surface area contributed by atoms with Crippen LogP contribution in [0.3, 0.4) is 0 Å². The van der Waals surface area contributed by atoms with Crippen molar-refractivity contribution in [3.8, 4) is 11.4 Å². The molecule has 31 heavy (non-hydrogen) atoms. The Morgan fingerprint density at radius 1 is 1.26 bits per heavy atom. The predicted molar refractivity (Wildman–Crippen MR) is 107 cm³/mol. The SMILES string of the molecule is CC[C@@]1(O)C(=O)OCc2c1cc1n(c2=O)Cc2c-1nc1cc(F)c(F)cc1c2[C@H](C)N. The van der Waals surface area contributed by atoms with Crippen LogP contribution in [0.1, 0.15) is 48.6 Å². The van der Waals surface area contributed by atoms with Crippen molar-refractivity contribution in [2.45, 2.75) is 45.1 Å². The Kier molecular flexibility index (Phi) is 4.09. The molecule has 0 saturated heterocycles. The van der Waals surface area contributed by atoms with Gasteiger partial charge >= 0.3 is 5.97 Å². The molecule has 2 aromatic heterocycles. The van der Waals surface area contributed by atoms with Gasteiger partial charge in [-0.05, 0) is 31.0 Å². The number of carbonyl (C=O) groups excluding carboxylic acids is 1. The highest BCUT2D eigenvalue weighted by Gasteiger charge is 2.45. The summed E-state index contributed by atoms with van der Waals surface area (Å²) in [5.41, 5.74) is 6.38. The van der Waals surface area contributed by atoms with E-state index >= 15 is 0 Å². The normalized spacial score (nSPS) is 20.3. The fourth-order valence-corrected chi connectivity index (χ4v) is 4.63. The van der Waals surface area contributed by atoms with Crippen LogP contribution in [0.4, 0.5) is 8.78 Å². The van der Waals surface area contributed by atoms with Gasteiger partial charge in [0.1, 0.15) is 6.61 Å². The van der Waals surface area contributed by atoms with Crippen molar-refractivity contribution in [2.24, 2.45) is 5.73 Å². The number of hydrogen-bond acceptors (Lipinski definition) is 6. The fraction of sp³-hybridized carbons (Fsp3) is 0.318. The zero-order chi connectivity index (χ0) is 22.2. The lowest BCUT2D eigenvalue weighted by molar-refractivity contribution is -0.172. The number of pyridine rings is 2. The standard InChI is InChI=1S/C22H19F2N3O4/c1-3-22(30)13-5-17-19-11(7-27(17)20(28)12(13)8-31-21(22)29)18(9(2)25)10-4-14(23)15(24)6-16(10)26-19/h4-6,9,30H,3,7-8,25H2,1-2H3/t9-,22-/m0/s1. The van der Waals surface area contributed by atoms with Gasteiger partial charge in [-0.15, -0.1) is 0 Å². The fourth-order valence-electron chi connectivity index (χ4n) is 4.63. The van der Waals surface area contributed by atoms with E-state index in [-0.39, 0.29) is 36.2 Å². The maximum absolute atomic E-state index is 14.0. The lowest BCUT2D eigenvalue weighted by Gasteiger charge is -2.31. The number of carbonyl (C=O) groups is 1. The third-order valence-corrected chi connectivity index (χ3v) is 6.23. The van der Waals surface area contributed by atoms with Crippen molar-refractivity contribution in [3.05, 3.63) is 62.4 Å². The molecule has 3 aromatic rings. The Labute approximate surface area is 175 Å². The number of fused-ring (bicyclic) bond motifs is 5. The number of ether oxygens (including phenoxy) is 1. The summed E-state index contributed by atoms with van der Waals surface area (Å²) in [5, 5.41) is 11.3. The monoisotopic (exact) mass is 427 g/mol. The van der Waals surface area contributed by atoms with Crippen LogP contribution in [0.2, 0.25) is 0 Å². The van der Waals surface area contributed by atoms with Crippen molar-refractivity contribution >= 4 is 16.9 Å². The molecule has 7 nitrogen and oxygen atoms in total. The van der Waals surface area contributed by atoms with E-state index in [1.54, 1.807) is 19.9 Å². The average Bonchev–Trinajstić information content (AvgIpc) is 3.08. The molecule has 9 heteroatoms. The van der Waals surface area contributed by atoms with Gasteiger partial charge < -0.3 is 20.1 Å². The lowest BCUT2D eigenvalue weighted by atomic mass is 9.86. The topological polar surface area (TPSA) is 107 Å². The minimum absolute atomic E-state index is 0.0231. The van der Waals surface area contributed by atoms with Crippen LogP contribution in [0.15, 0.2) is 23.0 Å². The van der Waals surface area contributed by atoms with Crippen LogP contribution in [0.5, 0.6) is 0 Å². The first kappa shape index (κ1) is 19.8. The van der Waals surface area contributed by atoms with Gasteiger partial charge in [0.15, 0.2) is 17.2 Å². The van der Waals surface area contributed by atoms with E-state index < -0.39 is 34.8 Å². The second-order valence-electron chi connectivity index (χ2n) is 8.03. The second kappa shape index (κ2) is 6.41. The number of cyclic esters (lactones) is 1. The third-order valence-electron chi connectivity index (χ3n) is 6.23. The van der Waals surface area contributed by atoms with E-state index in [9.17, 15) is 23.5 Å². The molecule has 0 aliphatic carbocycles. The number of nitrogens with zero attached hydrogens (tertiary/aromatic N) is 2. The summed E-state index contributed by atoms with van der Waals surface area (Å²) >= 11 is 0. The van der Waals surface area contributed by atoms with Crippen LogP contribution in [-0.4, -0.2) is 20.6 Å². The molecule has 0 fully saturated rings. The number of rotatable bonds is 2. The average molecular weight is 427 g/mol. The molecule has 5 rings (SSSR count). The van der Waals surface area contributed by atoms with E-state index in [0.29, 0.717) is 27.9 Å². The lowest BCUT2D eigenvalue weighted by Crippen LogP contribution is -2.44. The number of benzene rings is 1. The summed E-state index contributed by atoms with van der Waals surface area (Å²) in [6, 6.07) is 3.09. The largest absolute Gasteiger partial charge is 0.458 e. The molecule has 0 spiro atoms. The van der Waals surface area contributed by atoms with Crippen molar-refractivity contribution in [1.82, 2.24) is 9.55 Å². The van der Waals surface area contributed by atoms with Crippen molar-refractivity contribution in [3.63, 3.8) is 0 Å². The summed E-state index contributed by atoms with van der Waals surface area (Å²) in [7, 11) is 0. The molecular formula is C22H19F2N3O4. The Bertz CT molecular complexity index is 1370. The van der Waals surface area contributed by atoms with E-state index in [4.69, 9.17) is 10.5 Å². The van der Waals surface area contributed by atoms with Crippen LogP contribution < -0.4 is 11.3 Å². The summed E-state index contributed by atoms with van der Waals surface area (Å²) in [6.07, 6.45) is 0.0231. The van der Waals surface area contributed by atoms with Gasteiger partial charge in [-0.2, -0.15) is 0 Å². The number of halogens is 2. The van der Waals surface area contributed by atoms with Gasteiger partial charge in [-0.1, -0.05) is 6.92 Å². The maximum Gasteiger partial charge on any atom is 0.343 e. The highest BCUT2D eigenvalue weighted by molar-refractivity contribution is 5.89. The van der Waals surface area contributed by atoms with E-state index in [0.717, 1.165) is 12.1 Å². The van der Waals surface area contributed by atoms with E-state index in [1.807, 2.05) is 0 Å². The van der Waals surface area contributed by atoms with Gasteiger partial charge in [-0.3, -0.25) is 4.79 Å². The molecule has 160 valence electrons. The Balaban J connectivity index is 1.86. The molecule has 4 heterocycles. The van der Waals surface area contributed by atoms with Crippen LogP contribution in [0, 0.1) is 11.6 Å². The highest BCUT2D eigenvalue weighted by atomic mass is 19.2. The molecular weight excluding hydrogens is 408 g/mol. The molecule has 2 atom stereocenters. The smallest absolute Gasteiger partial charge is 0.343 e. The maximum atomic E-state index is 14.0. The van der Waals surface area contributed by atoms with Crippen LogP contribution in [0.25, 0.3) is 22.3 Å². The molecule has 2 aliphatic heterocycles. The van der Waals surface area contributed by atoms with Gasteiger partial charge in [0.05, 0.1) is 29.0 Å². The molecule has 3 N–H and O–H groups in total. The molecule has 0 saturated carbocycles. The minimum atomic E-state index is -1.94. The quantitative estimate of drug-likeness (QED) is 0.476. The molecule has 0 radical (unpaired) electrons. The summed E-state index contributed by atoms with van der Waals surface area (Å²) in [4.78, 5) is 30.0. The Morgan fingerprint density at radius 2 is 1.97 bits per heavy atom. The predicted octanol–water partition coefficient (Wildman–Crippen LogP) is 2.38. The number of aromatic nitrogens is 2. The first-order valence-corrected chi connectivity index (χ1v) is 9.91. The van der Waals surface area contributed by atoms with Crippen LogP contribution >= 0.6 is 0 Å². The van der Waals surface area contributed by atoms with Gasteiger partial charge in [0.25, 0.3) is 5.56 Å². The number of aliphatic hydroxyl groups is 1. The molecule has 0 amide bonds. The van der Waals surface area contributed by atoms with Gasteiger partial charge in [-0.25, -0.2) is 18.6 Å². The van der Waals surface area contributed by atoms with Gasteiger partial charge in [0, 0.05) is 28.6 Å². The van der Waals surface area contributed by atoms with E-state index in [1.165, 1.54) is 4.57 Å². The molecule has 0 bridgehead atoms. The number of esters is 1.